The van der Waals surface area contributed by atoms with Crippen LogP contribution in [0.4, 0.5) is 10.1 Å². The number of halogens is 1. The summed E-state index contributed by atoms with van der Waals surface area (Å²) < 4.78 is 19.3. The highest BCUT2D eigenvalue weighted by Gasteiger charge is 2.27. The molecule has 0 heterocycles. The second kappa shape index (κ2) is 7.00. The molecule has 6 heteroatoms. The highest BCUT2D eigenvalue weighted by atomic mass is 19.1. The maximum absolute atomic E-state index is 14.3. The van der Waals surface area contributed by atoms with E-state index in [-0.39, 0.29) is 17.7 Å². The van der Waals surface area contributed by atoms with Gasteiger partial charge in [-0.2, -0.15) is 0 Å². The molecular formula is C16H16FNO4. The molecule has 22 heavy (non-hydrogen) atoms. The van der Waals surface area contributed by atoms with Crippen molar-refractivity contribution in [3.05, 3.63) is 69.8 Å². The zero-order valence-electron chi connectivity index (χ0n) is 12.0. The summed E-state index contributed by atoms with van der Waals surface area (Å²) in [6.45, 7) is 0. The third-order valence-corrected chi connectivity index (χ3v) is 3.38. The number of nitrogens with zero attached hydrogens (tertiary/aromatic N) is 1. The molecule has 0 saturated heterocycles. The SMILES string of the molecule is COc1ccc(C[C@H](F)[C@@H](O)c2ccccc2[N+](=O)[O-])cc1. The molecule has 1 N–H and O–H groups in total. The maximum Gasteiger partial charge on any atom is 0.275 e. The van der Waals surface area contributed by atoms with Crippen molar-refractivity contribution in [3.63, 3.8) is 0 Å². The second-order valence-electron chi connectivity index (χ2n) is 4.83. The number of hydrogen-bond donors (Lipinski definition) is 1. The molecule has 0 aliphatic rings. The highest BCUT2D eigenvalue weighted by Crippen LogP contribution is 2.29. The molecule has 0 spiro atoms. The van der Waals surface area contributed by atoms with Gasteiger partial charge in [-0.05, 0) is 23.8 Å². The van der Waals surface area contributed by atoms with Crippen molar-refractivity contribution >= 4 is 5.69 Å². The van der Waals surface area contributed by atoms with E-state index in [4.69, 9.17) is 4.74 Å². The number of aliphatic hydroxyl groups excluding tert-OH is 1. The van der Waals surface area contributed by atoms with Crippen molar-refractivity contribution in [1.82, 2.24) is 0 Å². The van der Waals surface area contributed by atoms with Gasteiger partial charge >= 0.3 is 0 Å². The lowest BCUT2D eigenvalue weighted by Gasteiger charge is -2.16. The Bertz CT molecular complexity index is 645. The normalized spacial score (nSPS) is 13.4. The van der Waals surface area contributed by atoms with Crippen LogP contribution in [0, 0.1) is 10.1 Å². The topological polar surface area (TPSA) is 72.6 Å². The number of ether oxygens (including phenoxy) is 1. The van der Waals surface area contributed by atoms with E-state index in [1.165, 1.54) is 31.4 Å². The smallest absolute Gasteiger partial charge is 0.275 e. The summed E-state index contributed by atoms with van der Waals surface area (Å²) in [5.74, 6) is 0.651. The van der Waals surface area contributed by atoms with Gasteiger partial charge in [0.25, 0.3) is 5.69 Å². The molecule has 0 fully saturated rings. The van der Waals surface area contributed by atoms with Gasteiger partial charge in [-0.3, -0.25) is 10.1 Å². The van der Waals surface area contributed by atoms with E-state index >= 15 is 0 Å². The number of methoxy groups -OCH3 is 1. The quantitative estimate of drug-likeness (QED) is 0.657. The van der Waals surface area contributed by atoms with Gasteiger partial charge in [-0.25, -0.2) is 4.39 Å². The summed E-state index contributed by atoms with van der Waals surface area (Å²) in [5.41, 5.74) is 0.367. The Kier molecular flexibility index (Phi) is 5.06. The van der Waals surface area contributed by atoms with Gasteiger partial charge in [0.1, 0.15) is 18.0 Å². The summed E-state index contributed by atoms with van der Waals surface area (Å²) in [5, 5.41) is 21.0. The summed E-state index contributed by atoms with van der Waals surface area (Å²) in [4.78, 5) is 10.3. The van der Waals surface area contributed by atoms with Gasteiger partial charge < -0.3 is 9.84 Å². The van der Waals surface area contributed by atoms with Crippen LogP contribution in [0.5, 0.6) is 5.75 Å². The van der Waals surface area contributed by atoms with Crippen LogP contribution in [-0.4, -0.2) is 23.3 Å². The van der Waals surface area contributed by atoms with Crippen LogP contribution in [0.2, 0.25) is 0 Å². The number of rotatable bonds is 6. The van der Waals surface area contributed by atoms with Gasteiger partial charge in [0.05, 0.1) is 17.6 Å². The van der Waals surface area contributed by atoms with Crippen LogP contribution in [0.25, 0.3) is 0 Å². The zero-order chi connectivity index (χ0) is 16.1. The zero-order valence-corrected chi connectivity index (χ0v) is 12.0. The van der Waals surface area contributed by atoms with Crippen LogP contribution in [-0.2, 0) is 6.42 Å². The number of nitro benzene ring substituents is 1. The van der Waals surface area contributed by atoms with Crippen molar-refractivity contribution in [1.29, 1.82) is 0 Å². The molecule has 0 aliphatic heterocycles. The maximum atomic E-state index is 14.3. The predicted octanol–water partition coefficient (Wildman–Crippen LogP) is 3.22. The number of para-hydroxylation sites is 1. The van der Waals surface area contributed by atoms with E-state index < -0.39 is 17.2 Å². The van der Waals surface area contributed by atoms with E-state index in [9.17, 15) is 19.6 Å². The van der Waals surface area contributed by atoms with Crippen molar-refractivity contribution in [2.75, 3.05) is 7.11 Å². The lowest BCUT2D eigenvalue weighted by molar-refractivity contribution is -0.386. The van der Waals surface area contributed by atoms with Gasteiger partial charge in [-0.15, -0.1) is 0 Å². The summed E-state index contributed by atoms with van der Waals surface area (Å²) in [6.07, 6.45) is -3.24. The van der Waals surface area contributed by atoms with Crippen LogP contribution >= 0.6 is 0 Å². The third kappa shape index (κ3) is 3.59. The van der Waals surface area contributed by atoms with E-state index in [0.29, 0.717) is 11.3 Å². The van der Waals surface area contributed by atoms with Gasteiger partial charge in [0.2, 0.25) is 0 Å². The Morgan fingerprint density at radius 2 is 1.86 bits per heavy atom. The Balaban J connectivity index is 2.14. The third-order valence-electron chi connectivity index (χ3n) is 3.38. The number of hydrogen-bond acceptors (Lipinski definition) is 4. The number of aliphatic hydroxyl groups is 1. The van der Waals surface area contributed by atoms with Gasteiger partial charge in [0, 0.05) is 12.5 Å². The molecule has 0 radical (unpaired) electrons. The number of nitro groups is 1. The predicted molar refractivity (Wildman–Crippen MR) is 79.7 cm³/mol. The minimum Gasteiger partial charge on any atom is -0.497 e. The van der Waals surface area contributed by atoms with E-state index in [2.05, 4.69) is 0 Å². The first kappa shape index (κ1) is 15.9. The fourth-order valence-electron chi connectivity index (χ4n) is 2.20. The van der Waals surface area contributed by atoms with Crippen LogP contribution in [0.3, 0.4) is 0 Å². The molecule has 2 aromatic rings. The Hall–Kier alpha value is -2.47. The largest absolute Gasteiger partial charge is 0.497 e. The van der Waals surface area contributed by atoms with Gasteiger partial charge in [0.15, 0.2) is 0 Å². The van der Waals surface area contributed by atoms with E-state index in [0.717, 1.165) is 0 Å². The molecule has 2 aromatic carbocycles. The number of alkyl halides is 1. The molecule has 0 aliphatic carbocycles. The number of benzene rings is 2. The van der Waals surface area contributed by atoms with Crippen LogP contribution < -0.4 is 4.74 Å². The highest BCUT2D eigenvalue weighted by molar-refractivity contribution is 5.42. The fourth-order valence-corrected chi connectivity index (χ4v) is 2.20. The summed E-state index contributed by atoms with van der Waals surface area (Å²) in [6, 6.07) is 12.4. The summed E-state index contributed by atoms with van der Waals surface area (Å²) in [7, 11) is 1.53. The molecule has 0 unspecified atom stereocenters. The molecule has 2 atom stereocenters. The molecule has 0 saturated carbocycles. The van der Waals surface area contributed by atoms with E-state index in [1.807, 2.05) is 0 Å². The van der Waals surface area contributed by atoms with Crippen molar-refractivity contribution in [3.8, 4) is 5.75 Å². The molecule has 0 amide bonds. The fraction of sp³-hybridized carbons (Fsp3) is 0.250. The Morgan fingerprint density at radius 3 is 2.45 bits per heavy atom. The lowest BCUT2D eigenvalue weighted by Crippen LogP contribution is -2.17. The monoisotopic (exact) mass is 305 g/mol. The second-order valence-corrected chi connectivity index (χ2v) is 4.83. The molecule has 0 aromatic heterocycles. The van der Waals surface area contributed by atoms with Crippen molar-refractivity contribution in [2.45, 2.75) is 18.7 Å². The van der Waals surface area contributed by atoms with Crippen LogP contribution in [0.1, 0.15) is 17.2 Å². The minimum absolute atomic E-state index is 0.0199. The molecule has 5 nitrogen and oxygen atoms in total. The van der Waals surface area contributed by atoms with Crippen LogP contribution in [0.15, 0.2) is 48.5 Å². The molecule has 2 rings (SSSR count). The van der Waals surface area contributed by atoms with Crippen molar-refractivity contribution < 1.29 is 19.2 Å². The first-order chi connectivity index (χ1) is 10.5. The molecular weight excluding hydrogens is 289 g/mol. The first-order valence-electron chi connectivity index (χ1n) is 6.71. The minimum atomic E-state index is -1.64. The Labute approximate surface area is 127 Å². The average molecular weight is 305 g/mol. The molecule has 116 valence electrons. The first-order valence-corrected chi connectivity index (χ1v) is 6.71. The van der Waals surface area contributed by atoms with E-state index in [1.54, 1.807) is 24.3 Å². The average Bonchev–Trinajstić information content (AvgIpc) is 2.54. The standard InChI is InChI=1S/C16H16FNO4/c1-22-12-8-6-11(7-9-12)10-14(17)16(19)13-4-2-3-5-15(13)18(20)21/h2-9,14,16,19H,10H2,1H3/t14-,16-/m0/s1. The Morgan fingerprint density at radius 1 is 1.23 bits per heavy atom. The molecule has 0 bridgehead atoms. The summed E-state index contributed by atoms with van der Waals surface area (Å²) >= 11 is 0. The lowest BCUT2D eigenvalue weighted by atomic mass is 9.98. The van der Waals surface area contributed by atoms with Gasteiger partial charge in [-0.1, -0.05) is 24.3 Å². The van der Waals surface area contributed by atoms with Crippen molar-refractivity contribution in [2.24, 2.45) is 0 Å².